The highest BCUT2D eigenvalue weighted by Crippen LogP contribution is 2.27. The third-order valence-corrected chi connectivity index (χ3v) is 4.35. The maximum Gasteiger partial charge on any atom is 0.0507 e. The van der Waals surface area contributed by atoms with E-state index in [1.165, 1.54) is 12.0 Å². The highest BCUT2D eigenvalue weighted by Gasteiger charge is 2.17. The predicted octanol–water partition coefficient (Wildman–Crippen LogP) is 3.90. The van der Waals surface area contributed by atoms with Gasteiger partial charge in [0.2, 0.25) is 0 Å². The molecule has 2 nitrogen and oxygen atoms in total. The second kappa shape index (κ2) is 6.32. The van der Waals surface area contributed by atoms with E-state index in [1.54, 1.807) is 0 Å². The van der Waals surface area contributed by atoms with Gasteiger partial charge in [0.05, 0.1) is 6.61 Å². The summed E-state index contributed by atoms with van der Waals surface area (Å²) in [7, 11) is 0. The van der Waals surface area contributed by atoms with Crippen LogP contribution in [0.1, 0.15) is 24.9 Å². The number of rotatable bonds is 4. The summed E-state index contributed by atoms with van der Waals surface area (Å²) in [5.41, 5.74) is 1.30. The average Bonchev–Trinajstić information content (AvgIpc) is 2.78. The molecule has 1 heterocycles. The molecular formula is C13H17Br2NO. The fraction of sp³-hybridized carbons (Fsp3) is 0.538. The van der Waals surface area contributed by atoms with Gasteiger partial charge in [0.15, 0.2) is 0 Å². The van der Waals surface area contributed by atoms with Crippen LogP contribution in [-0.2, 0) is 4.74 Å². The monoisotopic (exact) mass is 361 g/mol. The van der Waals surface area contributed by atoms with E-state index in [0.29, 0.717) is 12.0 Å². The summed E-state index contributed by atoms with van der Waals surface area (Å²) in [5, 5.41) is 3.58. The van der Waals surface area contributed by atoms with Crippen LogP contribution in [0.4, 0.5) is 0 Å². The van der Waals surface area contributed by atoms with Gasteiger partial charge in [-0.25, -0.2) is 0 Å². The van der Waals surface area contributed by atoms with E-state index in [-0.39, 0.29) is 0 Å². The maximum absolute atomic E-state index is 5.38. The molecule has 2 unspecified atom stereocenters. The maximum atomic E-state index is 5.38. The zero-order chi connectivity index (χ0) is 12.3. The molecule has 0 aromatic heterocycles. The van der Waals surface area contributed by atoms with E-state index in [2.05, 4.69) is 62.3 Å². The molecule has 1 fully saturated rings. The molecule has 1 aromatic rings. The molecule has 0 aliphatic carbocycles. The highest BCUT2D eigenvalue weighted by atomic mass is 79.9. The normalized spacial score (nSPS) is 21.7. The summed E-state index contributed by atoms with van der Waals surface area (Å²) in [4.78, 5) is 0. The Hall–Kier alpha value is 0.1000. The highest BCUT2D eigenvalue weighted by molar-refractivity contribution is 9.11. The molecule has 0 spiro atoms. The van der Waals surface area contributed by atoms with Crippen LogP contribution in [-0.4, -0.2) is 19.8 Å². The first-order valence-corrected chi connectivity index (χ1v) is 7.51. The Morgan fingerprint density at radius 3 is 2.94 bits per heavy atom. The molecule has 1 aliphatic heterocycles. The lowest BCUT2D eigenvalue weighted by Crippen LogP contribution is -2.26. The second-order valence-corrected chi connectivity index (χ2v) is 6.30. The standard InChI is InChI=1S/C13H17Br2NO/c1-9(16-7-10-4-5-17-8-10)12-3-2-11(14)6-13(12)15/h2-3,6,9-10,16H,4-5,7-8H2,1H3. The number of hydrogen-bond donors (Lipinski definition) is 1. The number of benzene rings is 1. The topological polar surface area (TPSA) is 21.3 Å². The number of nitrogens with one attached hydrogen (secondary N) is 1. The third-order valence-electron chi connectivity index (χ3n) is 3.17. The molecular weight excluding hydrogens is 346 g/mol. The first kappa shape index (κ1) is 13.5. The smallest absolute Gasteiger partial charge is 0.0507 e. The lowest BCUT2D eigenvalue weighted by molar-refractivity contribution is 0.184. The van der Waals surface area contributed by atoms with Crippen LogP contribution in [0.15, 0.2) is 27.1 Å². The minimum atomic E-state index is 0.359. The Morgan fingerprint density at radius 1 is 1.47 bits per heavy atom. The molecule has 2 rings (SSSR count). The van der Waals surface area contributed by atoms with E-state index in [4.69, 9.17) is 4.74 Å². The first-order valence-electron chi connectivity index (χ1n) is 5.93. The molecule has 94 valence electrons. The van der Waals surface area contributed by atoms with Gasteiger partial charge < -0.3 is 10.1 Å². The summed E-state index contributed by atoms with van der Waals surface area (Å²) >= 11 is 7.08. The van der Waals surface area contributed by atoms with Crippen molar-refractivity contribution in [1.29, 1.82) is 0 Å². The van der Waals surface area contributed by atoms with Gasteiger partial charge in [-0.2, -0.15) is 0 Å². The van der Waals surface area contributed by atoms with Crippen molar-refractivity contribution >= 4 is 31.9 Å². The molecule has 1 aromatic carbocycles. The Kier molecular flexibility index (Phi) is 5.03. The van der Waals surface area contributed by atoms with Crippen LogP contribution < -0.4 is 5.32 Å². The summed E-state index contributed by atoms with van der Waals surface area (Å²) in [6, 6.07) is 6.68. The van der Waals surface area contributed by atoms with Gasteiger partial charge in [0, 0.05) is 28.1 Å². The van der Waals surface area contributed by atoms with E-state index in [1.807, 2.05) is 0 Å². The van der Waals surface area contributed by atoms with Crippen LogP contribution in [0.3, 0.4) is 0 Å². The van der Waals surface area contributed by atoms with Gasteiger partial charge in [-0.3, -0.25) is 0 Å². The van der Waals surface area contributed by atoms with Crippen molar-refractivity contribution in [3.8, 4) is 0 Å². The second-order valence-electron chi connectivity index (χ2n) is 4.53. The molecule has 4 heteroatoms. The van der Waals surface area contributed by atoms with E-state index >= 15 is 0 Å². The number of ether oxygens (including phenoxy) is 1. The molecule has 1 N–H and O–H groups in total. The van der Waals surface area contributed by atoms with Gasteiger partial charge >= 0.3 is 0 Å². The zero-order valence-electron chi connectivity index (χ0n) is 9.88. The van der Waals surface area contributed by atoms with E-state index < -0.39 is 0 Å². The molecule has 1 aliphatic rings. The van der Waals surface area contributed by atoms with Crippen LogP contribution >= 0.6 is 31.9 Å². The van der Waals surface area contributed by atoms with Gasteiger partial charge in [-0.05, 0) is 37.0 Å². The van der Waals surface area contributed by atoms with Crippen molar-refractivity contribution in [2.75, 3.05) is 19.8 Å². The van der Waals surface area contributed by atoms with Gasteiger partial charge in [0.25, 0.3) is 0 Å². The summed E-state index contributed by atoms with van der Waals surface area (Å²) in [6.07, 6.45) is 1.18. The minimum Gasteiger partial charge on any atom is -0.381 e. The number of halogens is 2. The molecule has 0 bridgehead atoms. The molecule has 0 radical (unpaired) electrons. The van der Waals surface area contributed by atoms with Crippen LogP contribution in [0.2, 0.25) is 0 Å². The van der Waals surface area contributed by atoms with Crippen molar-refractivity contribution in [3.63, 3.8) is 0 Å². The quantitative estimate of drug-likeness (QED) is 0.876. The van der Waals surface area contributed by atoms with Crippen molar-refractivity contribution < 1.29 is 4.74 Å². The van der Waals surface area contributed by atoms with Crippen LogP contribution in [0.5, 0.6) is 0 Å². The average molecular weight is 363 g/mol. The van der Waals surface area contributed by atoms with E-state index in [0.717, 1.165) is 28.7 Å². The lowest BCUT2D eigenvalue weighted by atomic mass is 10.1. The van der Waals surface area contributed by atoms with Gasteiger partial charge in [0.1, 0.15) is 0 Å². The van der Waals surface area contributed by atoms with Crippen LogP contribution in [0, 0.1) is 5.92 Å². The molecule has 1 saturated heterocycles. The molecule has 2 atom stereocenters. The SMILES string of the molecule is CC(NCC1CCOC1)c1ccc(Br)cc1Br. The van der Waals surface area contributed by atoms with Crippen LogP contribution in [0.25, 0.3) is 0 Å². The van der Waals surface area contributed by atoms with Crippen molar-refractivity contribution in [2.24, 2.45) is 5.92 Å². The largest absolute Gasteiger partial charge is 0.381 e. The third kappa shape index (κ3) is 3.78. The van der Waals surface area contributed by atoms with Crippen molar-refractivity contribution in [2.45, 2.75) is 19.4 Å². The van der Waals surface area contributed by atoms with Crippen molar-refractivity contribution in [3.05, 3.63) is 32.7 Å². The van der Waals surface area contributed by atoms with E-state index in [9.17, 15) is 0 Å². The molecule has 0 saturated carbocycles. The summed E-state index contributed by atoms with van der Waals surface area (Å²) in [6.45, 7) is 5.05. The Bertz CT molecular complexity index is 378. The zero-order valence-corrected chi connectivity index (χ0v) is 13.1. The van der Waals surface area contributed by atoms with Crippen molar-refractivity contribution in [1.82, 2.24) is 5.32 Å². The fourth-order valence-corrected chi connectivity index (χ4v) is 3.44. The lowest BCUT2D eigenvalue weighted by Gasteiger charge is -2.18. The Labute approximate surface area is 119 Å². The van der Waals surface area contributed by atoms with Gasteiger partial charge in [-0.1, -0.05) is 37.9 Å². The Morgan fingerprint density at radius 2 is 2.29 bits per heavy atom. The molecule has 17 heavy (non-hydrogen) atoms. The summed E-state index contributed by atoms with van der Waals surface area (Å²) < 4.78 is 7.63. The molecule has 0 amide bonds. The predicted molar refractivity (Wildman–Crippen MR) is 77.2 cm³/mol. The first-order chi connectivity index (χ1) is 8.16. The Balaban J connectivity index is 1.91. The minimum absolute atomic E-state index is 0.359. The summed E-state index contributed by atoms with van der Waals surface area (Å²) in [5.74, 6) is 0.673. The number of hydrogen-bond acceptors (Lipinski definition) is 2. The van der Waals surface area contributed by atoms with Gasteiger partial charge in [-0.15, -0.1) is 0 Å². The fourth-order valence-electron chi connectivity index (χ4n) is 2.05.